The highest BCUT2D eigenvalue weighted by Crippen LogP contribution is 2.66. The Morgan fingerprint density at radius 1 is 1.00 bits per heavy atom. The highest BCUT2D eigenvalue weighted by atomic mass is 16.3. The van der Waals surface area contributed by atoms with E-state index in [0.29, 0.717) is 18.3 Å². The highest BCUT2D eigenvalue weighted by Gasteiger charge is 2.64. The van der Waals surface area contributed by atoms with Gasteiger partial charge in [-0.05, 0) is 78.6 Å². The summed E-state index contributed by atoms with van der Waals surface area (Å²) in [6.07, 6.45) is 6.66. The molecule has 6 rings (SSSR count). The lowest BCUT2D eigenvalue weighted by Crippen LogP contribution is -2.64. The van der Waals surface area contributed by atoms with Crippen LogP contribution < -0.4 is 0 Å². The molecule has 1 aromatic carbocycles. The molecule has 0 radical (unpaired) electrons. The van der Waals surface area contributed by atoms with Gasteiger partial charge in [0.15, 0.2) is 5.82 Å². The van der Waals surface area contributed by atoms with Crippen molar-refractivity contribution in [3.8, 4) is 11.4 Å². The fourth-order valence-electron chi connectivity index (χ4n) is 8.21. The third kappa shape index (κ3) is 2.69. The molecule has 0 aliphatic heterocycles. The number of fused-ring (bicyclic) bond motifs is 6. The van der Waals surface area contributed by atoms with E-state index in [-0.39, 0.29) is 22.7 Å². The van der Waals surface area contributed by atoms with E-state index in [9.17, 15) is 10.2 Å². The van der Waals surface area contributed by atoms with Crippen molar-refractivity contribution in [2.75, 3.05) is 0 Å². The van der Waals surface area contributed by atoms with Crippen LogP contribution in [0.1, 0.15) is 50.8 Å². The van der Waals surface area contributed by atoms with Crippen molar-refractivity contribution in [3.05, 3.63) is 59.9 Å². The fourth-order valence-corrected chi connectivity index (χ4v) is 8.21. The van der Waals surface area contributed by atoms with Crippen LogP contribution in [-0.4, -0.2) is 32.4 Å². The van der Waals surface area contributed by atoms with E-state index >= 15 is 0 Å². The average Bonchev–Trinajstić information content (AvgIpc) is 3.11. The second kappa shape index (κ2) is 6.98. The fraction of sp³-hybridized carbons (Fsp3) is 0.571. The normalized spacial score (nSPS) is 42.6. The lowest BCUT2D eigenvalue weighted by Gasteiger charge is -2.62. The van der Waals surface area contributed by atoms with E-state index in [0.717, 1.165) is 49.2 Å². The summed E-state index contributed by atoms with van der Waals surface area (Å²) in [5, 5.41) is 22.9. The minimum Gasteiger partial charge on any atom is -0.390 e. The lowest BCUT2D eigenvalue weighted by molar-refractivity contribution is -0.201. The Hall–Kier alpha value is -2.04. The van der Waals surface area contributed by atoms with Gasteiger partial charge in [0, 0.05) is 17.5 Å². The van der Waals surface area contributed by atoms with Crippen LogP contribution in [0.5, 0.6) is 0 Å². The quantitative estimate of drug-likeness (QED) is 0.649. The second-order valence-corrected chi connectivity index (χ2v) is 11.4. The molecule has 0 saturated heterocycles. The van der Waals surface area contributed by atoms with Gasteiger partial charge in [0.25, 0.3) is 0 Å². The molecule has 3 fully saturated rings. The maximum Gasteiger partial charge on any atom is 0.159 e. The Balaban J connectivity index is 1.38. The molecular formula is C28H34N2O2. The first-order chi connectivity index (χ1) is 15.3. The van der Waals surface area contributed by atoms with E-state index < -0.39 is 12.2 Å². The van der Waals surface area contributed by atoms with E-state index in [1.807, 2.05) is 36.5 Å². The predicted molar refractivity (Wildman–Crippen MR) is 125 cm³/mol. The maximum absolute atomic E-state index is 11.4. The van der Waals surface area contributed by atoms with Gasteiger partial charge in [0.2, 0.25) is 0 Å². The number of aliphatic hydroxyl groups is 2. The van der Waals surface area contributed by atoms with Gasteiger partial charge in [-0.1, -0.05) is 56.3 Å². The number of aliphatic hydroxyl groups excluding tert-OH is 2. The molecule has 0 spiro atoms. The molecule has 4 heteroatoms. The average molecular weight is 431 g/mol. The highest BCUT2D eigenvalue weighted by molar-refractivity contribution is 5.55. The van der Waals surface area contributed by atoms with E-state index in [2.05, 4.69) is 20.4 Å². The zero-order chi connectivity index (χ0) is 22.3. The lowest BCUT2D eigenvalue weighted by atomic mass is 9.43. The number of benzene rings is 1. The number of aromatic nitrogens is 2. The van der Waals surface area contributed by atoms with Crippen molar-refractivity contribution in [1.29, 1.82) is 0 Å². The van der Waals surface area contributed by atoms with Crippen molar-refractivity contribution in [3.63, 3.8) is 0 Å². The van der Waals surface area contributed by atoms with Crippen molar-refractivity contribution in [1.82, 2.24) is 9.97 Å². The minimum absolute atomic E-state index is 0.0266. The van der Waals surface area contributed by atoms with Crippen molar-refractivity contribution in [2.24, 2.45) is 34.5 Å². The zero-order valence-corrected chi connectivity index (χ0v) is 19.2. The summed E-state index contributed by atoms with van der Waals surface area (Å²) in [4.78, 5) is 9.64. The number of hydrogen-bond donors (Lipinski definition) is 2. The molecular weight excluding hydrogens is 396 g/mol. The third-order valence-corrected chi connectivity index (χ3v) is 10.1. The molecule has 8 atom stereocenters. The summed E-state index contributed by atoms with van der Waals surface area (Å²) >= 11 is 0. The number of nitrogens with zero attached hydrogens (tertiary/aromatic N) is 2. The Morgan fingerprint density at radius 2 is 1.78 bits per heavy atom. The molecule has 0 bridgehead atoms. The minimum atomic E-state index is -0.708. The van der Waals surface area contributed by atoms with Gasteiger partial charge in [-0.2, -0.15) is 0 Å². The molecule has 4 unspecified atom stereocenters. The second-order valence-electron chi connectivity index (χ2n) is 11.4. The van der Waals surface area contributed by atoms with Crippen LogP contribution >= 0.6 is 0 Å². The van der Waals surface area contributed by atoms with E-state index in [1.54, 1.807) is 0 Å². The smallest absolute Gasteiger partial charge is 0.159 e. The van der Waals surface area contributed by atoms with Crippen LogP contribution in [0.4, 0.5) is 0 Å². The van der Waals surface area contributed by atoms with Crippen molar-refractivity contribution >= 4 is 0 Å². The van der Waals surface area contributed by atoms with Crippen LogP contribution in [0.2, 0.25) is 0 Å². The van der Waals surface area contributed by atoms with Crippen LogP contribution in [0.3, 0.4) is 0 Å². The summed E-state index contributed by atoms with van der Waals surface area (Å²) in [6.45, 7) is 9.11. The largest absolute Gasteiger partial charge is 0.390 e. The third-order valence-electron chi connectivity index (χ3n) is 10.1. The van der Waals surface area contributed by atoms with Gasteiger partial charge in [-0.3, -0.25) is 0 Å². The molecule has 2 N–H and O–H groups in total. The van der Waals surface area contributed by atoms with Crippen LogP contribution in [0.25, 0.3) is 11.4 Å². The molecule has 4 nitrogen and oxygen atoms in total. The topological polar surface area (TPSA) is 66.2 Å². The summed E-state index contributed by atoms with van der Waals surface area (Å²) in [5.41, 5.74) is 4.70. The first kappa shape index (κ1) is 20.6. The Morgan fingerprint density at radius 3 is 2.56 bits per heavy atom. The monoisotopic (exact) mass is 430 g/mol. The molecule has 3 saturated carbocycles. The van der Waals surface area contributed by atoms with Crippen molar-refractivity contribution < 1.29 is 10.2 Å². The van der Waals surface area contributed by atoms with E-state index in [4.69, 9.17) is 9.97 Å². The predicted octanol–water partition coefficient (Wildman–Crippen LogP) is 4.60. The maximum atomic E-state index is 11.4. The molecule has 1 aromatic heterocycles. The molecule has 4 aliphatic carbocycles. The molecule has 4 aliphatic rings. The molecule has 1 heterocycles. The van der Waals surface area contributed by atoms with Gasteiger partial charge in [-0.25, -0.2) is 9.97 Å². The Bertz CT molecular complexity index is 1070. The van der Waals surface area contributed by atoms with Crippen molar-refractivity contribution in [2.45, 2.75) is 64.6 Å². The number of allylic oxidation sites excluding steroid dienone is 1. The van der Waals surface area contributed by atoms with Gasteiger partial charge >= 0.3 is 0 Å². The first-order valence-electron chi connectivity index (χ1n) is 12.3. The SMILES string of the molecule is C=C1CCC2C3C(CC[C@]12C)[C@@]1(C)Cc2cnc(-c4ccccc4)nc2CC1[C@@H](O)[C@@H]3O. The summed E-state index contributed by atoms with van der Waals surface area (Å²) in [6, 6.07) is 10.1. The Labute approximate surface area is 190 Å². The first-order valence-corrected chi connectivity index (χ1v) is 12.3. The summed E-state index contributed by atoms with van der Waals surface area (Å²) < 4.78 is 0. The molecule has 168 valence electrons. The van der Waals surface area contributed by atoms with E-state index in [1.165, 1.54) is 11.1 Å². The molecule has 0 amide bonds. The molecule has 32 heavy (non-hydrogen) atoms. The molecule has 2 aromatic rings. The van der Waals surface area contributed by atoms with Crippen LogP contribution in [0, 0.1) is 34.5 Å². The van der Waals surface area contributed by atoms with Gasteiger partial charge in [-0.15, -0.1) is 0 Å². The van der Waals surface area contributed by atoms with Gasteiger partial charge in [0.05, 0.1) is 12.2 Å². The van der Waals surface area contributed by atoms with Gasteiger partial charge in [0.1, 0.15) is 0 Å². The standard InChI is InChI=1S/C28H34N2O2/c1-16-9-10-19-23-20(11-12-27(16,19)2)28(3)14-18-15-29-26(17-7-5-4-6-8-17)30-22(18)13-21(28)24(31)25(23)32/h4-8,15,19-21,23-25,31-32H,1,9-14H2,2-3H3/t19?,20?,21?,23?,24-,25-,27-,28-/m1/s1. The zero-order valence-electron chi connectivity index (χ0n) is 19.2. The number of rotatable bonds is 1. The summed E-state index contributed by atoms with van der Waals surface area (Å²) in [5.74, 6) is 1.76. The Kier molecular flexibility index (Phi) is 4.48. The van der Waals surface area contributed by atoms with Gasteiger partial charge < -0.3 is 10.2 Å². The van der Waals surface area contributed by atoms with Crippen LogP contribution in [0.15, 0.2) is 48.7 Å². The summed E-state index contributed by atoms with van der Waals surface area (Å²) in [7, 11) is 0. The van der Waals surface area contributed by atoms with Crippen LogP contribution in [-0.2, 0) is 12.8 Å². The number of hydrogen-bond acceptors (Lipinski definition) is 4.